The van der Waals surface area contributed by atoms with Gasteiger partial charge in [-0.1, -0.05) is 18.2 Å². The quantitative estimate of drug-likeness (QED) is 0.734. The minimum atomic E-state index is -0.261. The van der Waals surface area contributed by atoms with Gasteiger partial charge in [0.25, 0.3) is 0 Å². The second-order valence-corrected chi connectivity index (χ2v) is 3.83. The van der Waals surface area contributed by atoms with Gasteiger partial charge in [-0.15, -0.1) is 0 Å². The monoisotopic (exact) mass is 221 g/mol. The summed E-state index contributed by atoms with van der Waals surface area (Å²) in [6.07, 6.45) is 1.53. The minimum absolute atomic E-state index is 0.00518. The Morgan fingerprint density at radius 2 is 2.00 bits per heavy atom. The summed E-state index contributed by atoms with van der Waals surface area (Å²) in [7, 11) is 0. The van der Waals surface area contributed by atoms with E-state index in [2.05, 4.69) is 16.8 Å². The van der Waals surface area contributed by atoms with Crippen molar-refractivity contribution >= 4 is 18.4 Å². The Morgan fingerprint density at radius 3 is 2.60 bits per heavy atom. The fourth-order valence-electron chi connectivity index (χ4n) is 1.51. The van der Waals surface area contributed by atoms with Crippen molar-refractivity contribution in [2.75, 3.05) is 0 Å². The Balaban J connectivity index is 1.86. The molecule has 15 heavy (non-hydrogen) atoms. The number of ether oxygens (including phenoxy) is 1. The van der Waals surface area contributed by atoms with Crippen LogP contribution in [0.5, 0.6) is 0 Å². The molecule has 0 bridgehead atoms. The Hall–Kier alpha value is -1.29. The van der Waals surface area contributed by atoms with Gasteiger partial charge in [-0.2, -0.15) is 0 Å². The zero-order valence-electron chi connectivity index (χ0n) is 8.13. The lowest BCUT2D eigenvalue weighted by Gasteiger charge is -2.30. The summed E-state index contributed by atoms with van der Waals surface area (Å²) in [5.41, 5.74) is 0.594. The van der Waals surface area contributed by atoms with Crippen molar-refractivity contribution in [3.63, 3.8) is 0 Å². The van der Waals surface area contributed by atoms with Crippen LogP contribution in [0.3, 0.4) is 0 Å². The van der Waals surface area contributed by atoms with E-state index in [0.717, 1.165) is 12.8 Å². The van der Waals surface area contributed by atoms with Crippen LogP contribution in [0.4, 0.5) is 0 Å². The van der Waals surface area contributed by atoms with E-state index in [-0.39, 0.29) is 18.1 Å². The molecule has 1 aromatic rings. The molecule has 1 aromatic carbocycles. The number of carbonyl (C=O) groups is 1. The van der Waals surface area contributed by atoms with E-state index in [1.807, 2.05) is 18.2 Å². The largest absolute Gasteiger partial charge is 0.459 e. The van der Waals surface area contributed by atoms with Gasteiger partial charge in [0.1, 0.15) is 6.10 Å². The molecule has 0 saturated heterocycles. The van der Waals surface area contributed by atoms with E-state index < -0.39 is 0 Å². The topological polar surface area (TPSA) is 38.7 Å². The fraction of sp³-hybridized carbons (Fsp3) is 0.364. The highest BCUT2D eigenvalue weighted by molar-refractivity contribution is 7.47. The molecule has 0 heterocycles. The molecular formula is C11H11NO2S. The molecule has 0 spiro atoms. The first-order chi connectivity index (χ1) is 7.29. The lowest BCUT2D eigenvalue weighted by Crippen LogP contribution is -2.35. The maximum Gasteiger partial charge on any atom is 0.338 e. The van der Waals surface area contributed by atoms with Crippen molar-refractivity contribution in [1.29, 1.82) is 0 Å². The molecule has 1 aliphatic carbocycles. The molecule has 0 aliphatic heterocycles. The number of benzene rings is 1. The summed E-state index contributed by atoms with van der Waals surface area (Å²) in [6.45, 7) is 0. The maximum atomic E-state index is 11.6. The fourth-order valence-corrected chi connectivity index (χ4v) is 1.69. The van der Waals surface area contributed by atoms with Crippen LogP contribution >= 0.6 is 0 Å². The molecule has 1 saturated carbocycles. The van der Waals surface area contributed by atoms with Crippen LogP contribution in [-0.2, 0) is 17.2 Å². The number of nitrogens with zero attached hydrogens (tertiary/aromatic N) is 1. The second kappa shape index (κ2) is 4.49. The van der Waals surface area contributed by atoms with Gasteiger partial charge in [0, 0.05) is 25.3 Å². The average Bonchev–Trinajstić information content (AvgIpc) is 2.23. The Morgan fingerprint density at radius 1 is 1.33 bits per heavy atom. The molecule has 1 aliphatic rings. The van der Waals surface area contributed by atoms with E-state index >= 15 is 0 Å². The van der Waals surface area contributed by atoms with Crippen molar-refractivity contribution < 1.29 is 9.53 Å². The summed E-state index contributed by atoms with van der Waals surface area (Å²) in [4.78, 5) is 11.6. The molecule has 0 atom stereocenters. The summed E-state index contributed by atoms with van der Waals surface area (Å²) in [5, 5.41) is 0. The van der Waals surface area contributed by atoms with Crippen LogP contribution in [-0.4, -0.2) is 18.1 Å². The molecule has 2 rings (SSSR count). The Kier molecular flexibility index (Phi) is 3.06. The first-order valence-corrected chi connectivity index (χ1v) is 5.24. The number of hydrogen-bond acceptors (Lipinski definition) is 4. The third-order valence-corrected chi connectivity index (χ3v) is 2.80. The molecule has 0 unspecified atom stereocenters. The van der Waals surface area contributed by atoms with Gasteiger partial charge >= 0.3 is 5.97 Å². The predicted molar refractivity (Wildman–Crippen MR) is 58.5 cm³/mol. The normalized spacial score (nSPS) is 24.0. The van der Waals surface area contributed by atoms with Crippen molar-refractivity contribution in [2.45, 2.75) is 25.0 Å². The zero-order valence-corrected chi connectivity index (χ0v) is 8.94. The van der Waals surface area contributed by atoms with Gasteiger partial charge in [0.2, 0.25) is 0 Å². The third kappa shape index (κ3) is 2.39. The molecule has 1 fully saturated rings. The van der Waals surface area contributed by atoms with Crippen LogP contribution in [0, 0.1) is 0 Å². The van der Waals surface area contributed by atoms with Crippen LogP contribution in [0.1, 0.15) is 23.2 Å². The molecule has 0 aromatic heterocycles. The molecule has 0 radical (unpaired) electrons. The molecule has 78 valence electrons. The Labute approximate surface area is 93.6 Å². The van der Waals surface area contributed by atoms with Gasteiger partial charge in [0.05, 0.1) is 11.6 Å². The number of rotatable bonds is 3. The molecule has 0 N–H and O–H groups in total. The molecule has 3 nitrogen and oxygen atoms in total. The van der Waals surface area contributed by atoms with Crippen molar-refractivity contribution in [3.05, 3.63) is 35.9 Å². The number of carbonyl (C=O) groups excluding carboxylic acids is 1. The highest BCUT2D eigenvalue weighted by atomic mass is 32.1. The lowest BCUT2D eigenvalue weighted by molar-refractivity contribution is 0.00380. The maximum absolute atomic E-state index is 11.6. The van der Waals surface area contributed by atoms with E-state index in [9.17, 15) is 4.79 Å². The lowest BCUT2D eigenvalue weighted by atomic mass is 9.90. The van der Waals surface area contributed by atoms with Gasteiger partial charge < -0.3 is 4.74 Å². The summed E-state index contributed by atoms with van der Waals surface area (Å²) < 4.78 is 8.98. The van der Waals surface area contributed by atoms with Crippen molar-refractivity contribution in [1.82, 2.24) is 0 Å². The summed E-state index contributed by atoms with van der Waals surface area (Å²) >= 11 is 4.57. The highest BCUT2D eigenvalue weighted by Crippen LogP contribution is 2.26. The van der Waals surface area contributed by atoms with Crippen molar-refractivity contribution in [3.8, 4) is 0 Å². The second-order valence-electron chi connectivity index (χ2n) is 3.62. The predicted octanol–water partition coefficient (Wildman–Crippen LogP) is 2.10. The van der Waals surface area contributed by atoms with Crippen LogP contribution < -0.4 is 0 Å². The van der Waals surface area contributed by atoms with Crippen molar-refractivity contribution in [2.24, 2.45) is 4.36 Å². The summed E-state index contributed by atoms with van der Waals surface area (Å²) in [6, 6.07) is 9.20. The smallest absolute Gasteiger partial charge is 0.338 e. The molecule has 4 heteroatoms. The standard InChI is InChI=1S/C11H11NO2S/c13-11(8-4-2-1-3-5-8)14-10-6-9(7-10)12-15/h1-5,9-10H,6-7H2. The van der Waals surface area contributed by atoms with Gasteiger partial charge in [-0.3, -0.25) is 0 Å². The third-order valence-electron chi connectivity index (χ3n) is 2.50. The van der Waals surface area contributed by atoms with E-state index in [1.165, 1.54) is 0 Å². The van der Waals surface area contributed by atoms with Crippen LogP contribution in [0.25, 0.3) is 0 Å². The van der Waals surface area contributed by atoms with E-state index in [4.69, 9.17) is 4.74 Å². The van der Waals surface area contributed by atoms with E-state index in [1.54, 1.807) is 12.1 Å². The van der Waals surface area contributed by atoms with Crippen LogP contribution in [0.2, 0.25) is 0 Å². The van der Waals surface area contributed by atoms with Gasteiger partial charge in [-0.05, 0) is 12.1 Å². The van der Waals surface area contributed by atoms with Crippen LogP contribution in [0.15, 0.2) is 34.7 Å². The van der Waals surface area contributed by atoms with Gasteiger partial charge in [-0.25, -0.2) is 9.16 Å². The highest BCUT2D eigenvalue weighted by Gasteiger charge is 2.32. The summed E-state index contributed by atoms with van der Waals surface area (Å²) in [5.74, 6) is -0.261. The first-order valence-electron chi connectivity index (χ1n) is 4.88. The number of hydrogen-bond donors (Lipinski definition) is 0. The molecular weight excluding hydrogens is 210 g/mol. The SMILES string of the molecule is O=C(OC1CC(N=S)C1)c1ccccc1. The minimum Gasteiger partial charge on any atom is -0.459 e. The Bertz CT molecular complexity index is 360. The first kappa shape index (κ1) is 10.2. The average molecular weight is 221 g/mol. The zero-order chi connectivity index (χ0) is 10.7. The van der Waals surface area contributed by atoms with E-state index in [0.29, 0.717) is 5.56 Å². The molecule has 0 amide bonds. The van der Waals surface area contributed by atoms with Gasteiger partial charge in [0.15, 0.2) is 0 Å². The number of esters is 1.